The van der Waals surface area contributed by atoms with Gasteiger partial charge in [0.25, 0.3) is 0 Å². The van der Waals surface area contributed by atoms with E-state index in [4.69, 9.17) is 21.1 Å². The summed E-state index contributed by atoms with van der Waals surface area (Å²) in [7, 11) is 0. The molecule has 0 N–H and O–H groups in total. The molecule has 19 heavy (non-hydrogen) atoms. The van der Waals surface area contributed by atoms with Crippen molar-refractivity contribution in [2.45, 2.75) is 0 Å². The van der Waals surface area contributed by atoms with Crippen LogP contribution in [0.25, 0.3) is 0 Å². The van der Waals surface area contributed by atoms with Crippen LogP contribution < -0.4 is 0 Å². The lowest BCUT2D eigenvalue weighted by atomic mass is 10.2. The Kier molecular flexibility index (Phi) is 7.16. The zero-order valence-corrected chi connectivity index (χ0v) is 12.1. The molecule has 1 aromatic rings. The second kappa shape index (κ2) is 8.38. The van der Waals surface area contributed by atoms with Crippen LogP contribution in [0.3, 0.4) is 0 Å². The smallest absolute Gasteiger partial charge is 0.339 e. The van der Waals surface area contributed by atoms with Gasteiger partial charge in [-0.1, -0.05) is 23.7 Å². The predicted octanol–water partition coefficient (Wildman–Crippen LogP) is 2.25. The minimum atomic E-state index is -0.367. The second-order valence-corrected chi connectivity index (χ2v) is 4.48. The standard InChI is InChI=1S/C13H16ClNO3.ClH/c14-12-4-2-1-3-11(12)13(16)18-10-7-15-5-8-17-9-6-15;/h1-4H,5-10H2;1H. The van der Waals surface area contributed by atoms with E-state index in [2.05, 4.69) is 4.90 Å². The first-order chi connectivity index (χ1) is 8.77. The Balaban J connectivity index is 0.00000180. The third-order valence-electron chi connectivity index (χ3n) is 2.84. The number of nitrogens with zero attached hydrogens (tertiary/aromatic N) is 1. The van der Waals surface area contributed by atoms with Crippen molar-refractivity contribution < 1.29 is 14.3 Å². The molecule has 0 aliphatic carbocycles. The van der Waals surface area contributed by atoms with Gasteiger partial charge in [-0.3, -0.25) is 4.90 Å². The first-order valence-electron chi connectivity index (χ1n) is 5.99. The molecule has 6 heteroatoms. The first kappa shape index (κ1) is 16.2. The summed E-state index contributed by atoms with van der Waals surface area (Å²) in [5.74, 6) is -0.367. The van der Waals surface area contributed by atoms with E-state index in [0.29, 0.717) is 17.2 Å². The summed E-state index contributed by atoms with van der Waals surface area (Å²) in [5.41, 5.74) is 0.418. The van der Waals surface area contributed by atoms with Crippen LogP contribution >= 0.6 is 24.0 Å². The molecule has 1 fully saturated rings. The minimum Gasteiger partial charge on any atom is -0.461 e. The molecule has 0 bridgehead atoms. The lowest BCUT2D eigenvalue weighted by molar-refractivity contribution is 0.0195. The molecular weight excluding hydrogens is 289 g/mol. The number of hydrogen-bond donors (Lipinski definition) is 0. The minimum absolute atomic E-state index is 0. The number of hydrogen-bond acceptors (Lipinski definition) is 4. The quantitative estimate of drug-likeness (QED) is 0.800. The normalized spacial score (nSPS) is 15.6. The van der Waals surface area contributed by atoms with Crippen molar-refractivity contribution in [1.29, 1.82) is 0 Å². The van der Waals surface area contributed by atoms with Gasteiger partial charge in [0.05, 0.1) is 23.8 Å². The Labute approximate surface area is 124 Å². The van der Waals surface area contributed by atoms with Crippen LogP contribution in [0.15, 0.2) is 24.3 Å². The molecule has 106 valence electrons. The Morgan fingerprint density at radius 2 is 2.00 bits per heavy atom. The maximum Gasteiger partial charge on any atom is 0.339 e. The van der Waals surface area contributed by atoms with Crippen LogP contribution in [0.4, 0.5) is 0 Å². The zero-order chi connectivity index (χ0) is 12.8. The molecule has 0 unspecified atom stereocenters. The van der Waals surface area contributed by atoms with Gasteiger partial charge in [-0.05, 0) is 12.1 Å². The molecule has 0 saturated carbocycles. The number of halogens is 2. The monoisotopic (exact) mass is 305 g/mol. The highest BCUT2D eigenvalue weighted by molar-refractivity contribution is 6.33. The van der Waals surface area contributed by atoms with Crippen molar-refractivity contribution in [3.8, 4) is 0 Å². The second-order valence-electron chi connectivity index (χ2n) is 4.07. The van der Waals surface area contributed by atoms with Gasteiger partial charge >= 0.3 is 5.97 Å². The molecule has 0 aromatic heterocycles. The summed E-state index contributed by atoms with van der Waals surface area (Å²) in [6, 6.07) is 6.90. The largest absolute Gasteiger partial charge is 0.461 e. The van der Waals surface area contributed by atoms with E-state index >= 15 is 0 Å². The molecule has 2 rings (SSSR count). The Morgan fingerprint density at radius 3 is 2.68 bits per heavy atom. The van der Waals surface area contributed by atoms with Gasteiger partial charge in [-0.25, -0.2) is 4.79 Å². The molecule has 1 saturated heterocycles. The van der Waals surface area contributed by atoms with Crippen LogP contribution in [0.2, 0.25) is 5.02 Å². The molecule has 1 aliphatic rings. The van der Waals surface area contributed by atoms with Crippen molar-refractivity contribution in [3.05, 3.63) is 34.9 Å². The number of benzene rings is 1. The fourth-order valence-electron chi connectivity index (χ4n) is 1.80. The number of esters is 1. The van der Waals surface area contributed by atoms with Crippen molar-refractivity contribution >= 4 is 30.0 Å². The summed E-state index contributed by atoms with van der Waals surface area (Å²) in [6.07, 6.45) is 0. The summed E-state index contributed by atoms with van der Waals surface area (Å²) >= 11 is 5.92. The number of carbonyl (C=O) groups excluding carboxylic acids is 1. The van der Waals surface area contributed by atoms with E-state index in [1.54, 1.807) is 24.3 Å². The van der Waals surface area contributed by atoms with E-state index in [-0.39, 0.29) is 18.4 Å². The third-order valence-corrected chi connectivity index (χ3v) is 3.17. The Hall–Kier alpha value is -0.810. The first-order valence-corrected chi connectivity index (χ1v) is 6.37. The molecule has 0 radical (unpaired) electrons. The van der Waals surface area contributed by atoms with Gasteiger partial charge in [-0.2, -0.15) is 0 Å². The zero-order valence-electron chi connectivity index (χ0n) is 10.5. The van der Waals surface area contributed by atoms with Gasteiger partial charge in [-0.15, -0.1) is 12.4 Å². The van der Waals surface area contributed by atoms with Crippen molar-refractivity contribution in [1.82, 2.24) is 4.90 Å². The molecule has 4 nitrogen and oxygen atoms in total. The number of carbonyl (C=O) groups is 1. The highest BCUT2D eigenvalue weighted by Gasteiger charge is 2.13. The van der Waals surface area contributed by atoms with Crippen molar-refractivity contribution in [2.75, 3.05) is 39.5 Å². The van der Waals surface area contributed by atoms with Crippen molar-refractivity contribution in [2.24, 2.45) is 0 Å². The summed E-state index contributed by atoms with van der Waals surface area (Å²) in [5, 5.41) is 0.425. The van der Waals surface area contributed by atoms with Gasteiger partial charge in [0, 0.05) is 19.6 Å². The summed E-state index contributed by atoms with van der Waals surface area (Å²) < 4.78 is 10.5. The lowest BCUT2D eigenvalue weighted by Gasteiger charge is -2.26. The maximum atomic E-state index is 11.8. The highest BCUT2D eigenvalue weighted by atomic mass is 35.5. The molecule has 0 atom stereocenters. The van der Waals surface area contributed by atoms with Crippen LogP contribution in [0.5, 0.6) is 0 Å². The maximum absolute atomic E-state index is 11.8. The fourth-order valence-corrected chi connectivity index (χ4v) is 2.01. The van der Waals surface area contributed by atoms with Gasteiger partial charge in [0.15, 0.2) is 0 Å². The molecule has 0 spiro atoms. The SMILES string of the molecule is Cl.O=C(OCCN1CCOCC1)c1ccccc1Cl. The fraction of sp³-hybridized carbons (Fsp3) is 0.462. The molecular formula is C13H17Cl2NO3. The van der Waals surface area contributed by atoms with Gasteiger partial charge in [0.2, 0.25) is 0 Å². The molecule has 0 amide bonds. The third kappa shape index (κ3) is 4.99. The highest BCUT2D eigenvalue weighted by Crippen LogP contribution is 2.15. The van der Waals surface area contributed by atoms with Crippen LogP contribution in [-0.4, -0.2) is 50.3 Å². The average Bonchev–Trinajstić information content (AvgIpc) is 2.40. The topological polar surface area (TPSA) is 38.8 Å². The van der Waals surface area contributed by atoms with E-state index in [1.807, 2.05) is 0 Å². The molecule has 1 aromatic carbocycles. The summed E-state index contributed by atoms with van der Waals surface area (Å²) in [4.78, 5) is 14.0. The number of ether oxygens (including phenoxy) is 2. The van der Waals surface area contributed by atoms with Gasteiger partial charge in [0.1, 0.15) is 6.61 Å². The van der Waals surface area contributed by atoms with Crippen LogP contribution in [0.1, 0.15) is 10.4 Å². The number of morpholine rings is 1. The Bertz CT molecular complexity index is 409. The Morgan fingerprint density at radius 1 is 1.32 bits per heavy atom. The van der Waals surface area contributed by atoms with Crippen LogP contribution in [-0.2, 0) is 9.47 Å². The van der Waals surface area contributed by atoms with Gasteiger partial charge < -0.3 is 9.47 Å². The van der Waals surface area contributed by atoms with Crippen molar-refractivity contribution in [3.63, 3.8) is 0 Å². The van der Waals surface area contributed by atoms with E-state index in [9.17, 15) is 4.79 Å². The van der Waals surface area contributed by atoms with E-state index in [1.165, 1.54) is 0 Å². The predicted molar refractivity (Wildman–Crippen MR) is 76.2 cm³/mol. The summed E-state index contributed by atoms with van der Waals surface area (Å²) in [6.45, 7) is 4.40. The average molecular weight is 306 g/mol. The van der Waals surface area contributed by atoms with Crippen LogP contribution in [0, 0.1) is 0 Å². The van der Waals surface area contributed by atoms with E-state index in [0.717, 1.165) is 32.8 Å². The molecule has 1 heterocycles. The van der Waals surface area contributed by atoms with E-state index < -0.39 is 0 Å². The lowest BCUT2D eigenvalue weighted by Crippen LogP contribution is -2.38. The molecule has 1 aliphatic heterocycles. The number of rotatable bonds is 4.